The summed E-state index contributed by atoms with van der Waals surface area (Å²) in [4.78, 5) is 24.1. The highest BCUT2D eigenvalue weighted by atomic mass is 79.9. The monoisotopic (exact) mass is 481 g/mol. The van der Waals surface area contributed by atoms with E-state index in [0.29, 0.717) is 16.9 Å². The Balaban J connectivity index is 1.80. The molecule has 0 spiro atoms. The Kier molecular flexibility index (Phi) is 5.97. The van der Waals surface area contributed by atoms with Crippen molar-refractivity contribution in [2.75, 3.05) is 24.2 Å². The number of hydrogen-bond acceptors (Lipinski definition) is 5. The number of likely N-dealkylation sites (N-methyl/N-ethyl adjacent to an activating group) is 1. The van der Waals surface area contributed by atoms with E-state index in [-0.39, 0.29) is 23.1 Å². The number of carbonyl (C=O) groups excluding carboxylic acids is 2. The maximum absolute atomic E-state index is 13.0. The molecule has 1 aliphatic heterocycles. The van der Waals surface area contributed by atoms with Gasteiger partial charge in [-0.2, -0.15) is 4.31 Å². The minimum Gasteiger partial charge on any atom is -0.479 e. The molecule has 0 aromatic heterocycles. The Labute approximate surface area is 177 Å². The van der Waals surface area contributed by atoms with Crippen molar-refractivity contribution in [1.82, 2.24) is 4.31 Å². The van der Waals surface area contributed by atoms with Crippen LogP contribution in [0.15, 0.2) is 45.8 Å². The van der Waals surface area contributed by atoms with Gasteiger partial charge in [0.2, 0.25) is 15.9 Å². The molecule has 2 amide bonds. The van der Waals surface area contributed by atoms with E-state index >= 15 is 0 Å². The van der Waals surface area contributed by atoms with Gasteiger partial charge in [0.05, 0.1) is 17.1 Å². The third-order valence-corrected chi connectivity index (χ3v) is 6.81. The Morgan fingerprint density at radius 2 is 2.03 bits per heavy atom. The van der Waals surface area contributed by atoms with Crippen LogP contribution in [0.1, 0.15) is 12.5 Å². The molecule has 154 valence electrons. The Hall–Kier alpha value is -2.43. The molecule has 0 fully saturated rings. The van der Waals surface area contributed by atoms with Gasteiger partial charge in [0.1, 0.15) is 5.75 Å². The van der Waals surface area contributed by atoms with E-state index in [1.165, 1.54) is 13.1 Å². The van der Waals surface area contributed by atoms with Crippen LogP contribution in [-0.4, -0.2) is 44.2 Å². The zero-order valence-corrected chi connectivity index (χ0v) is 18.4. The largest absolute Gasteiger partial charge is 0.479 e. The van der Waals surface area contributed by atoms with Gasteiger partial charge < -0.3 is 15.4 Å². The summed E-state index contributed by atoms with van der Waals surface area (Å²) in [6, 6.07) is 9.91. The van der Waals surface area contributed by atoms with Gasteiger partial charge in [-0.25, -0.2) is 8.42 Å². The lowest BCUT2D eigenvalue weighted by molar-refractivity contribution is -0.122. The maximum Gasteiger partial charge on any atom is 0.265 e. The molecule has 3 rings (SSSR count). The summed E-state index contributed by atoms with van der Waals surface area (Å²) in [7, 11) is -2.63. The molecule has 10 heteroatoms. The molecule has 8 nitrogen and oxygen atoms in total. The number of benzene rings is 2. The summed E-state index contributed by atoms with van der Waals surface area (Å²) in [5.41, 5.74) is 1.40. The van der Waals surface area contributed by atoms with E-state index < -0.39 is 22.0 Å². The average Bonchev–Trinajstić information content (AvgIpc) is 2.62. The number of carbonyl (C=O) groups is 2. The van der Waals surface area contributed by atoms with Gasteiger partial charge in [-0.05, 0) is 43.7 Å². The van der Waals surface area contributed by atoms with E-state index in [0.717, 1.165) is 8.78 Å². The van der Waals surface area contributed by atoms with E-state index in [9.17, 15) is 18.0 Å². The first-order valence-electron chi connectivity index (χ1n) is 8.72. The summed E-state index contributed by atoms with van der Waals surface area (Å²) >= 11 is 3.32. The van der Waals surface area contributed by atoms with Gasteiger partial charge in [-0.1, -0.05) is 22.0 Å². The molecule has 1 atom stereocenters. The smallest absolute Gasteiger partial charge is 0.265 e. The normalized spacial score (nSPS) is 16.0. The van der Waals surface area contributed by atoms with Crippen molar-refractivity contribution < 1.29 is 22.7 Å². The van der Waals surface area contributed by atoms with Crippen LogP contribution in [0.4, 0.5) is 11.4 Å². The van der Waals surface area contributed by atoms with E-state index in [1.807, 2.05) is 6.07 Å². The van der Waals surface area contributed by atoms with Crippen LogP contribution in [0.3, 0.4) is 0 Å². The number of aryl methyl sites for hydroxylation is 1. The minimum atomic E-state index is -3.96. The van der Waals surface area contributed by atoms with Gasteiger partial charge in [-0.15, -0.1) is 0 Å². The SMILES string of the molecule is Cc1cc2c(cc1S(=O)(=O)N(C)CC(=O)Nc1cccc(Br)c1)O[C@@H](C)C(=O)N2. The van der Waals surface area contributed by atoms with Gasteiger partial charge in [0.15, 0.2) is 6.10 Å². The van der Waals surface area contributed by atoms with Crippen molar-refractivity contribution in [2.45, 2.75) is 24.8 Å². The quantitative estimate of drug-likeness (QED) is 0.682. The molecular weight excluding hydrogens is 462 g/mol. The van der Waals surface area contributed by atoms with Gasteiger partial charge in [0.25, 0.3) is 5.91 Å². The van der Waals surface area contributed by atoms with Crippen molar-refractivity contribution in [3.8, 4) is 5.75 Å². The highest BCUT2D eigenvalue weighted by Gasteiger charge is 2.30. The van der Waals surface area contributed by atoms with Gasteiger partial charge in [0, 0.05) is 23.3 Å². The van der Waals surface area contributed by atoms with Gasteiger partial charge >= 0.3 is 0 Å². The van der Waals surface area contributed by atoms with Crippen LogP contribution in [0.5, 0.6) is 5.75 Å². The van der Waals surface area contributed by atoms with Gasteiger partial charge in [-0.3, -0.25) is 9.59 Å². The second kappa shape index (κ2) is 8.13. The number of hydrogen-bond donors (Lipinski definition) is 2. The average molecular weight is 482 g/mol. The van der Waals surface area contributed by atoms with Crippen LogP contribution in [0.25, 0.3) is 0 Å². The molecule has 0 aliphatic carbocycles. The Bertz CT molecular complexity index is 1090. The van der Waals surface area contributed by atoms with Crippen molar-refractivity contribution >= 4 is 49.1 Å². The molecular formula is C19H20BrN3O5S. The number of amides is 2. The molecule has 0 bridgehead atoms. The fourth-order valence-corrected chi connectivity index (χ4v) is 4.59. The number of nitrogens with zero attached hydrogens (tertiary/aromatic N) is 1. The third-order valence-electron chi connectivity index (χ3n) is 4.37. The minimum absolute atomic E-state index is 0.0114. The molecule has 2 aromatic carbocycles. The highest BCUT2D eigenvalue weighted by Crippen LogP contribution is 2.35. The van der Waals surface area contributed by atoms with Crippen LogP contribution >= 0.6 is 15.9 Å². The number of halogens is 1. The molecule has 1 aliphatic rings. The lowest BCUT2D eigenvalue weighted by Gasteiger charge is -2.25. The molecule has 0 unspecified atom stereocenters. The zero-order chi connectivity index (χ0) is 21.3. The van der Waals surface area contributed by atoms with Crippen LogP contribution in [0.2, 0.25) is 0 Å². The summed E-state index contributed by atoms with van der Waals surface area (Å²) in [5, 5.41) is 5.35. The first-order chi connectivity index (χ1) is 13.6. The summed E-state index contributed by atoms with van der Waals surface area (Å²) in [5.74, 6) is -0.496. The number of fused-ring (bicyclic) bond motifs is 1. The predicted octanol–water partition coefficient (Wildman–Crippen LogP) is 2.74. The van der Waals surface area contributed by atoms with E-state index in [4.69, 9.17) is 4.74 Å². The van der Waals surface area contributed by atoms with Crippen molar-refractivity contribution in [1.29, 1.82) is 0 Å². The fraction of sp³-hybridized carbons (Fsp3) is 0.263. The standard InChI is InChI=1S/C19H20BrN3O5S/c1-11-7-15-16(28-12(2)19(25)22-15)9-17(11)29(26,27)23(3)10-18(24)21-14-6-4-5-13(20)8-14/h4-9,12H,10H2,1-3H3,(H,21,24)(H,22,25)/t12-/m0/s1. The van der Waals surface area contributed by atoms with E-state index in [2.05, 4.69) is 26.6 Å². The Morgan fingerprint density at radius 3 is 2.72 bits per heavy atom. The first-order valence-corrected chi connectivity index (χ1v) is 10.9. The van der Waals surface area contributed by atoms with E-state index in [1.54, 1.807) is 38.1 Å². The zero-order valence-electron chi connectivity index (χ0n) is 16.0. The molecule has 0 saturated carbocycles. The van der Waals surface area contributed by atoms with Crippen LogP contribution in [-0.2, 0) is 19.6 Å². The number of sulfonamides is 1. The molecule has 0 radical (unpaired) electrons. The predicted molar refractivity (Wildman–Crippen MR) is 112 cm³/mol. The third kappa shape index (κ3) is 4.60. The summed E-state index contributed by atoms with van der Waals surface area (Å²) in [6.45, 7) is 2.83. The number of rotatable bonds is 5. The maximum atomic E-state index is 13.0. The second-order valence-electron chi connectivity index (χ2n) is 6.68. The first kappa shape index (κ1) is 21.3. The number of anilines is 2. The number of ether oxygens (including phenoxy) is 1. The van der Waals surface area contributed by atoms with Crippen LogP contribution in [0, 0.1) is 6.92 Å². The molecule has 1 heterocycles. The molecule has 2 aromatic rings. The lowest BCUT2D eigenvalue weighted by Crippen LogP contribution is -2.36. The lowest BCUT2D eigenvalue weighted by atomic mass is 10.1. The van der Waals surface area contributed by atoms with Crippen LogP contribution < -0.4 is 15.4 Å². The van der Waals surface area contributed by atoms with Crippen molar-refractivity contribution in [3.05, 3.63) is 46.4 Å². The summed E-state index contributed by atoms with van der Waals surface area (Å²) in [6.07, 6.45) is -0.727. The molecule has 29 heavy (non-hydrogen) atoms. The van der Waals surface area contributed by atoms with Crippen molar-refractivity contribution in [3.63, 3.8) is 0 Å². The Morgan fingerprint density at radius 1 is 1.31 bits per heavy atom. The van der Waals surface area contributed by atoms with Crippen molar-refractivity contribution in [2.24, 2.45) is 0 Å². The molecule has 2 N–H and O–H groups in total. The topological polar surface area (TPSA) is 105 Å². The second-order valence-corrected chi connectivity index (χ2v) is 9.61. The number of nitrogens with one attached hydrogen (secondary N) is 2. The summed E-state index contributed by atoms with van der Waals surface area (Å²) < 4.78 is 33.3. The highest BCUT2D eigenvalue weighted by molar-refractivity contribution is 9.10. The fourth-order valence-electron chi connectivity index (χ4n) is 2.84. The molecule has 0 saturated heterocycles.